The lowest BCUT2D eigenvalue weighted by molar-refractivity contribution is -0.137. The molecule has 2 aromatic heterocycles. The molecule has 9 heteroatoms. The van der Waals surface area contributed by atoms with Crippen LogP contribution in [0, 0.1) is 6.92 Å². The number of fused-ring (bicyclic) bond motifs is 1. The third-order valence-electron chi connectivity index (χ3n) is 3.95. The second kappa shape index (κ2) is 6.04. The average molecular weight is 372 g/mol. The molecule has 6 nitrogen and oxygen atoms in total. The Kier molecular flexibility index (Phi) is 3.79. The number of benzene rings is 2. The van der Waals surface area contributed by atoms with Crippen molar-refractivity contribution < 1.29 is 17.6 Å². The van der Waals surface area contributed by atoms with Crippen LogP contribution in [0.3, 0.4) is 0 Å². The van der Waals surface area contributed by atoms with Gasteiger partial charge in [-0.05, 0) is 37.3 Å². The SMILES string of the molecule is Cc1ccc(-c2nnc(-c3nc4ccc(C(F)(F)F)cc4[nH]c3=O)o2)cc1. The molecule has 0 spiro atoms. The Morgan fingerprint density at radius 2 is 1.70 bits per heavy atom. The van der Waals surface area contributed by atoms with Crippen LogP contribution in [0.1, 0.15) is 11.1 Å². The first-order chi connectivity index (χ1) is 12.8. The van der Waals surface area contributed by atoms with E-state index in [9.17, 15) is 18.0 Å². The van der Waals surface area contributed by atoms with Gasteiger partial charge in [-0.15, -0.1) is 10.2 Å². The maximum atomic E-state index is 12.8. The summed E-state index contributed by atoms with van der Waals surface area (Å²) in [5, 5.41) is 7.73. The molecule has 0 aliphatic heterocycles. The summed E-state index contributed by atoms with van der Waals surface area (Å²) in [4.78, 5) is 18.7. The summed E-state index contributed by atoms with van der Waals surface area (Å²) < 4.78 is 43.9. The van der Waals surface area contributed by atoms with Crippen LogP contribution in [-0.2, 0) is 6.18 Å². The van der Waals surface area contributed by atoms with Gasteiger partial charge in [0.2, 0.25) is 5.89 Å². The van der Waals surface area contributed by atoms with Crippen molar-refractivity contribution in [1.29, 1.82) is 0 Å². The fraction of sp³-hybridized carbons (Fsp3) is 0.111. The zero-order valence-corrected chi connectivity index (χ0v) is 13.8. The van der Waals surface area contributed by atoms with Crippen LogP contribution in [0.2, 0.25) is 0 Å². The summed E-state index contributed by atoms with van der Waals surface area (Å²) in [6.07, 6.45) is -4.51. The van der Waals surface area contributed by atoms with Crippen molar-refractivity contribution >= 4 is 11.0 Å². The van der Waals surface area contributed by atoms with Gasteiger partial charge in [0.05, 0.1) is 16.6 Å². The van der Waals surface area contributed by atoms with Crippen molar-refractivity contribution in [2.24, 2.45) is 0 Å². The molecular weight excluding hydrogens is 361 g/mol. The highest BCUT2D eigenvalue weighted by atomic mass is 19.4. The van der Waals surface area contributed by atoms with E-state index in [1.165, 1.54) is 6.07 Å². The Morgan fingerprint density at radius 3 is 2.41 bits per heavy atom. The fourth-order valence-electron chi connectivity index (χ4n) is 2.54. The van der Waals surface area contributed by atoms with Crippen molar-refractivity contribution in [3.05, 3.63) is 63.9 Å². The smallest absolute Gasteiger partial charge is 0.414 e. The summed E-state index contributed by atoms with van der Waals surface area (Å²) in [6, 6.07) is 10.2. The highest BCUT2D eigenvalue weighted by Crippen LogP contribution is 2.30. The normalized spacial score (nSPS) is 11.9. The molecule has 4 rings (SSSR count). The minimum Gasteiger partial charge on any atom is -0.414 e. The highest BCUT2D eigenvalue weighted by molar-refractivity contribution is 5.77. The largest absolute Gasteiger partial charge is 0.416 e. The quantitative estimate of drug-likeness (QED) is 0.576. The number of hydrogen-bond acceptors (Lipinski definition) is 5. The first-order valence-corrected chi connectivity index (χ1v) is 7.83. The third kappa shape index (κ3) is 3.19. The molecule has 0 fully saturated rings. The van der Waals surface area contributed by atoms with Gasteiger partial charge < -0.3 is 9.40 Å². The first-order valence-electron chi connectivity index (χ1n) is 7.83. The standard InChI is InChI=1S/C18H11F3N4O2/c1-9-2-4-10(5-3-9)16-24-25-17(27-16)14-15(26)23-13-8-11(18(19,20)21)6-7-12(13)22-14/h2-8H,1H3,(H,23,26). The lowest BCUT2D eigenvalue weighted by Crippen LogP contribution is -2.13. The molecule has 2 aromatic carbocycles. The molecule has 0 unspecified atom stereocenters. The van der Waals surface area contributed by atoms with Crippen molar-refractivity contribution in [3.63, 3.8) is 0 Å². The van der Waals surface area contributed by atoms with E-state index >= 15 is 0 Å². The van der Waals surface area contributed by atoms with Gasteiger partial charge in [-0.3, -0.25) is 4.79 Å². The number of nitrogens with zero attached hydrogens (tertiary/aromatic N) is 3. The van der Waals surface area contributed by atoms with Crippen molar-refractivity contribution in [3.8, 4) is 23.0 Å². The van der Waals surface area contributed by atoms with E-state index in [0.29, 0.717) is 5.56 Å². The van der Waals surface area contributed by atoms with Crippen LogP contribution in [0.5, 0.6) is 0 Å². The lowest BCUT2D eigenvalue weighted by Gasteiger charge is -2.07. The van der Waals surface area contributed by atoms with Crippen LogP contribution >= 0.6 is 0 Å². The molecule has 0 atom stereocenters. The third-order valence-corrected chi connectivity index (χ3v) is 3.95. The molecule has 0 bridgehead atoms. The summed E-state index contributed by atoms with van der Waals surface area (Å²) in [5.74, 6) is 0.0901. The number of aromatic amines is 1. The molecule has 27 heavy (non-hydrogen) atoms. The van der Waals surface area contributed by atoms with Crippen LogP contribution < -0.4 is 5.56 Å². The number of H-pyrrole nitrogens is 1. The molecule has 0 saturated carbocycles. The Bertz CT molecular complexity index is 1190. The average Bonchev–Trinajstić information content (AvgIpc) is 3.10. The monoisotopic (exact) mass is 372 g/mol. The number of nitrogens with one attached hydrogen (secondary N) is 1. The Morgan fingerprint density at radius 1 is 1.00 bits per heavy atom. The van der Waals surface area contributed by atoms with E-state index in [-0.39, 0.29) is 28.5 Å². The number of aromatic nitrogens is 4. The minimum absolute atomic E-state index is 0.0307. The number of halogens is 3. The number of rotatable bonds is 2. The summed E-state index contributed by atoms with van der Waals surface area (Å²) in [6.45, 7) is 1.94. The Hall–Kier alpha value is -3.49. The molecule has 4 aromatic rings. The second-order valence-corrected chi connectivity index (χ2v) is 5.92. The van der Waals surface area contributed by atoms with Crippen LogP contribution in [-0.4, -0.2) is 20.2 Å². The maximum absolute atomic E-state index is 12.8. The van der Waals surface area contributed by atoms with Gasteiger partial charge in [-0.2, -0.15) is 13.2 Å². The second-order valence-electron chi connectivity index (χ2n) is 5.92. The molecule has 0 radical (unpaired) electrons. The number of hydrogen-bond donors (Lipinski definition) is 1. The van der Waals surface area contributed by atoms with E-state index in [4.69, 9.17) is 4.42 Å². The maximum Gasteiger partial charge on any atom is 0.416 e. The first kappa shape index (κ1) is 17.0. The van der Waals surface area contributed by atoms with Gasteiger partial charge in [-0.1, -0.05) is 17.7 Å². The molecule has 1 N–H and O–H groups in total. The van der Waals surface area contributed by atoms with Gasteiger partial charge in [0.1, 0.15) is 0 Å². The lowest BCUT2D eigenvalue weighted by atomic mass is 10.1. The van der Waals surface area contributed by atoms with Gasteiger partial charge in [0.25, 0.3) is 11.4 Å². The molecule has 0 saturated heterocycles. The van der Waals surface area contributed by atoms with Gasteiger partial charge in [-0.25, -0.2) is 4.98 Å². The van der Waals surface area contributed by atoms with Crippen LogP contribution in [0.4, 0.5) is 13.2 Å². The van der Waals surface area contributed by atoms with E-state index < -0.39 is 17.3 Å². The summed E-state index contributed by atoms with van der Waals surface area (Å²) in [5.41, 5.74) is 0.119. The summed E-state index contributed by atoms with van der Waals surface area (Å²) >= 11 is 0. The zero-order chi connectivity index (χ0) is 19.2. The van der Waals surface area contributed by atoms with E-state index in [0.717, 1.165) is 17.7 Å². The molecule has 0 aliphatic rings. The Balaban J connectivity index is 1.77. The molecule has 136 valence electrons. The van der Waals surface area contributed by atoms with Gasteiger partial charge >= 0.3 is 6.18 Å². The van der Waals surface area contributed by atoms with Crippen molar-refractivity contribution in [2.75, 3.05) is 0 Å². The zero-order valence-electron chi connectivity index (χ0n) is 13.8. The van der Waals surface area contributed by atoms with Gasteiger partial charge in [0.15, 0.2) is 5.69 Å². The van der Waals surface area contributed by atoms with Crippen molar-refractivity contribution in [1.82, 2.24) is 20.2 Å². The van der Waals surface area contributed by atoms with E-state index in [2.05, 4.69) is 20.2 Å². The fourth-order valence-corrected chi connectivity index (χ4v) is 2.54. The van der Waals surface area contributed by atoms with E-state index in [1.807, 2.05) is 19.1 Å². The van der Waals surface area contributed by atoms with Crippen LogP contribution in [0.25, 0.3) is 34.1 Å². The topological polar surface area (TPSA) is 84.7 Å². The molecule has 2 heterocycles. The molecule has 0 amide bonds. The number of alkyl halides is 3. The van der Waals surface area contributed by atoms with Gasteiger partial charge in [0, 0.05) is 5.56 Å². The predicted octanol–water partition coefficient (Wildman–Crippen LogP) is 3.97. The van der Waals surface area contributed by atoms with E-state index in [1.54, 1.807) is 12.1 Å². The van der Waals surface area contributed by atoms with Crippen molar-refractivity contribution in [2.45, 2.75) is 13.1 Å². The minimum atomic E-state index is -4.51. The predicted molar refractivity (Wildman–Crippen MR) is 90.8 cm³/mol. The molecule has 0 aliphatic carbocycles. The highest BCUT2D eigenvalue weighted by Gasteiger charge is 2.30. The summed E-state index contributed by atoms with van der Waals surface area (Å²) in [7, 11) is 0. The Labute approximate surface area is 149 Å². The molecular formula is C18H11F3N4O2. The van der Waals surface area contributed by atoms with Crippen LogP contribution in [0.15, 0.2) is 51.7 Å². The number of aryl methyl sites for hydroxylation is 1.